The fraction of sp³-hybridized carbons (Fsp3) is 0.462. The molecule has 0 saturated carbocycles. The van der Waals surface area contributed by atoms with Crippen LogP contribution in [-0.4, -0.2) is 27.8 Å². The van der Waals surface area contributed by atoms with Crippen LogP contribution in [0.2, 0.25) is 0 Å². The Morgan fingerprint density at radius 1 is 1.27 bits per heavy atom. The molecule has 9 nitrogen and oxygen atoms in total. The monoisotopic (exact) mass is 310 g/mol. The van der Waals surface area contributed by atoms with Crippen LogP contribution in [0.25, 0.3) is 0 Å². The summed E-state index contributed by atoms with van der Waals surface area (Å²) in [5.41, 5.74) is 1.26. The molecule has 120 valence electrons. The lowest BCUT2D eigenvalue weighted by Gasteiger charge is -2.23. The molecule has 1 rings (SSSR count). The van der Waals surface area contributed by atoms with Crippen LogP contribution in [0.15, 0.2) is 23.3 Å². The standard InChI is InChI=1S/C13H18N4O5/c1-3-13(4-2,9-18)8-14-15-11-6-5-10(16(19)20)7-12(11)17(21)22/h5-8,15,18H,3-4,9H2,1-2H3/b14-8+. The van der Waals surface area contributed by atoms with Gasteiger partial charge in [-0.3, -0.25) is 25.7 Å². The van der Waals surface area contributed by atoms with Crippen LogP contribution in [0.1, 0.15) is 26.7 Å². The molecular formula is C13H18N4O5. The zero-order chi connectivity index (χ0) is 16.8. The lowest BCUT2D eigenvalue weighted by atomic mass is 9.85. The molecule has 2 N–H and O–H groups in total. The number of nitrogens with zero attached hydrogens (tertiary/aromatic N) is 3. The molecular weight excluding hydrogens is 292 g/mol. The van der Waals surface area contributed by atoms with E-state index in [2.05, 4.69) is 10.5 Å². The van der Waals surface area contributed by atoms with E-state index < -0.39 is 20.9 Å². The predicted octanol–water partition coefficient (Wildman–Crippen LogP) is 2.70. The lowest BCUT2D eigenvalue weighted by Crippen LogP contribution is -2.25. The van der Waals surface area contributed by atoms with Crippen LogP contribution in [0.4, 0.5) is 17.1 Å². The van der Waals surface area contributed by atoms with Crippen LogP contribution in [0.3, 0.4) is 0 Å². The van der Waals surface area contributed by atoms with E-state index in [1.165, 1.54) is 12.3 Å². The summed E-state index contributed by atoms with van der Waals surface area (Å²) < 4.78 is 0. The molecule has 0 aliphatic carbocycles. The molecule has 0 unspecified atom stereocenters. The summed E-state index contributed by atoms with van der Waals surface area (Å²) in [6.45, 7) is 3.72. The SMILES string of the molecule is CCC(/C=N/Nc1ccc([N+](=O)[O-])cc1[N+](=O)[O-])(CC)CO. The number of aliphatic hydroxyl groups is 1. The zero-order valence-corrected chi connectivity index (χ0v) is 12.4. The number of nitrogens with one attached hydrogen (secondary N) is 1. The second-order valence-electron chi connectivity index (χ2n) is 4.81. The number of hydrogen-bond acceptors (Lipinski definition) is 7. The molecule has 0 aliphatic rings. The normalized spacial score (nSPS) is 11.6. The van der Waals surface area contributed by atoms with Crippen LogP contribution < -0.4 is 5.43 Å². The highest BCUT2D eigenvalue weighted by Crippen LogP contribution is 2.29. The Balaban J connectivity index is 3.03. The summed E-state index contributed by atoms with van der Waals surface area (Å²) in [5, 5.41) is 35.0. The quantitative estimate of drug-likeness (QED) is 0.431. The number of nitro groups is 2. The number of hydrogen-bond donors (Lipinski definition) is 2. The molecule has 0 atom stereocenters. The molecule has 0 saturated heterocycles. The first-order valence-corrected chi connectivity index (χ1v) is 6.73. The molecule has 0 heterocycles. The number of non-ortho nitro benzene ring substituents is 1. The minimum Gasteiger partial charge on any atom is -0.395 e. The third kappa shape index (κ3) is 3.98. The summed E-state index contributed by atoms with van der Waals surface area (Å²) >= 11 is 0. The Morgan fingerprint density at radius 2 is 1.91 bits per heavy atom. The van der Waals surface area contributed by atoms with Gasteiger partial charge in [0.05, 0.1) is 22.5 Å². The van der Waals surface area contributed by atoms with Gasteiger partial charge in [0.2, 0.25) is 0 Å². The second kappa shape index (κ2) is 7.46. The number of benzene rings is 1. The fourth-order valence-electron chi connectivity index (χ4n) is 1.81. The van der Waals surface area contributed by atoms with Gasteiger partial charge in [-0.05, 0) is 18.9 Å². The Bertz CT molecular complexity index is 576. The van der Waals surface area contributed by atoms with Crippen molar-refractivity contribution in [1.82, 2.24) is 0 Å². The van der Waals surface area contributed by atoms with Gasteiger partial charge >= 0.3 is 5.69 Å². The van der Waals surface area contributed by atoms with E-state index in [-0.39, 0.29) is 18.0 Å². The maximum atomic E-state index is 11.0. The van der Waals surface area contributed by atoms with Crippen LogP contribution in [0, 0.1) is 25.6 Å². The molecule has 0 radical (unpaired) electrons. The maximum absolute atomic E-state index is 11.0. The van der Waals surface area contributed by atoms with Gasteiger partial charge in [-0.1, -0.05) is 13.8 Å². The Kier molecular flexibility index (Phi) is 5.93. The molecule has 0 spiro atoms. The van der Waals surface area contributed by atoms with E-state index in [0.717, 1.165) is 12.1 Å². The fourth-order valence-corrected chi connectivity index (χ4v) is 1.81. The van der Waals surface area contributed by atoms with Crippen molar-refractivity contribution in [3.05, 3.63) is 38.4 Å². The number of anilines is 1. The van der Waals surface area contributed by atoms with E-state index >= 15 is 0 Å². The average Bonchev–Trinajstić information content (AvgIpc) is 2.52. The van der Waals surface area contributed by atoms with Crippen molar-refractivity contribution in [1.29, 1.82) is 0 Å². The highest BCUT2D eigenvalue weighted by Gasteiger charge is 2.23. The minimum absolute atomic E-state index is 0.0471. The topological polar surface area (TPSA) is 131 Å². The third-order valence-corrected chi connectivity index (χ3v) is 3.64. The van der Waals surface area contributed by atoms with Crippen LogP contribution in [0.5, 0.6) is 0 Å². The predicted molar refractivity (Wildman–Crippen MR) is 82.0 cm³/mol. The van der Waals surface area contributed by atoms with Crippen molar-refractivity contribution in [3.63, 3.8) is 0 Å². The molecule has 0 aromatic heterocycles. The van der Waals surface area contributed by atoms with E-state index in [4.69, 9.17) is 0 Å². The van der Waals surface area contributed by atoms with Gasteiger partial charge < -0.3 is 5.11 Å². The summed E-state index contributed by atoms with van der Waals surface area (Å²) in [6, 6.07) is 3.26. The minimum atomic E-state index is -0.718. The first kappa shape index (κ1) is 17.5. The van der Waals surface area contributed by atoms with Gasteiger partial charge in [-0.15, -0.1) is 0 Å². The van der Waals surface area contributed by atoms with E-state index in [1.807, 2.05) is 13.8 Å². The first-order valence-electron chi connectivity index (χ1n) is 6.73. The molecule has 1 aromatic rings. The van der Waals surface area contributed by atoms with Gasteiger partial charge in [-0.2, -0.15) is 5.10 Å². The number of hydrazone groups is 1. The van der Waals surface area contributed by atoms with Gasteiger partial charge in [0.25, 0.3) is 5.69 Å². The summed E-state index contributed by atoms with van der Waals surface area (Å²) in [5.74, 6) is 0. The summed E-state index contributed by atoms with van der Waals surface area (Å²) in [6.07, 6.45) is 2.83. The third-order valence-electron chi connectivity index (χ3n) is 3.64. The van der Waals surface area contributed by atoms with Crippen molar-refractivity contribution < 1.29 is 15.0 Å². The smallest absolute Gasteiger partial charge is 0.301 e. The van der Waals surface area contributed by atoms with Crippen molar-refractivity contribution in [2.45, 2.75) is 26.7 Å². The average molecular weight is 310 g/mol. The Labute approximate surface area is 127 Å². The number of aliphatic hydroxyl groups excluding tert-OH is 1. The van der Waals surface area contributed by atoms with Crippen molar-refractivity contribution in [3.8, 4) is 0 Å². The van der Waals surface area contributed by atoms with Crippen LogP contribution >= 0.6 is 0 Å². The molecule has 0 bridgehead atoms. The number of nitro benzene ring substituents is 2. The largest absolute Gasteiger partial charge is 0.395 e. The Morgan fingerprint density at radius 3 is 2.36 bits per heavy atom. The van der Waals surface area contributed by atoms with Gasteiger partial charge in [0, 0.05) is 17.7 Å². The summed E-state index contributed by atoms with van der Waals surface area (Å²) in [4.78, 5) is 20.2. The van der Waals surface area contributed by atoms with E-state index in [0.29, 0.717) is 12.8 Å². The highest BCUT2D eigenvalue weighted by molar-refractivity contribution is 5.70. The van der Waals surface area contributed by atoms with Crippen molar-refractivity contribution in [2.24, 2.45) is 10.5 Å². The molecule has 22 heavy (non-hydrogen) atoms. The van der Waals surface area contributed by atoms with E-state index in [9.17, 15) is 25.3 Å². The molecule has 0 amide bonds. The second-order valence-corrected chi connectivity index (χ2v) is 4.81. The molecule has 9 heteroatoms. The first-order chi connectivity index (χ1) is 10.4. The van der Waals surface area contributed by atoms with Gasteiger partial charge in [0.15, 0.2) is 0 Å². The van der Waals surface area contributed by atoms with Crippen LogP contribution in [-0.2, 0) is 0 Å². The van der Waals surface area contributed by atoms with Gasteiger partial charge in [0.1, 0.15) is 5.69 Å². The number of rotatable bonds is 8. The molecule has 1 aromatic carbocycles. The highest BCUT2D eigenvalue weighted by atomic mass is 16.6. The van der Waals surface area contributed by atoms with Gasteiger partial charge in [-0.25, -0.2) is 0 Å². The molecule has 0 aliphatic heterocycles. The van der Waals surface area contributed by atoms with Crippen molar-refractivity contribution in [2.75, 3.05) is 12.0 Å². The van der Waals surface area contributed by atoms with E-state index in [1.54, 1.807) is 0 Å². The van der Waals surface area contributed by atoms with Crippen molar-refractivity contribution >= 4 is 23.3 Å². The maximum Gasteiger partial charge on any atom is 0.301 e. The zero-order valence-electron chi connectivity index (χ0n) is 12.4. The lowest BCUT2D eigenvalue weighted by molar-refractivity contribution is -0.393. The molecule has 0 fully saturated rings. The summed E-state index contributed by atoms with van der Waals surface area (Å²) in [7, 11) is 0. The Hall–Kier alpha value is -2.55.